The molecule has 4 amide bonds. The van der Waals surface area contributed by atoms with E-state index in [1.54, 1.807) is 41.0 Å². The Morgan fingerprint density at radius 1 is 1.02 bits per heavy atom. The molecule has 18 nitrogen and oxygen atoms in total. The van der Waals surface area contributed by atoms with Crippen LogP contribution in [0.5, 0.6) is 0 Å². The molecule has 8 heterocycles. The van der Waals surface area contributed by atoms with Crippen LogP contribution in [0.2, 0.25) is 0 Å². The number of morpholine rings is 1. The van der Waals surface area contributed by atoms with E-state index in [1.807, 2.05) is 6.07 Å². The van der Waals surface area contributed by atoms with Gasteiger partial charge in [0.25, 0.3) is 18.2 Å². The van der Waals surface area contributed by atoms with E-state index in [0.29, 0.717) is 80.0 Å². The van der Waals surface area contributed by atoms with Gasteiger partial charge in [0, 0.05) is 52.1 Å². The van der Waals surface area contributed by atoms with Crippen LogP contribution in [0, 0.1) is 5.92 Å². The molecule has 5 aromatic rings. The molecule has 1 unspecified atom stereocenters. The first-order valence-electron chi connectivity index (χ1n) is 21.4. The maximum atomic E-state index is 14.3. The molecule has 1 saturated carbocycles. The number of hydrogen-bond donors (Lipinski definition) is 2. The van der Waals surface area contributed by atoms with Crippen molar-refractivity contribution >= 4 is 51.8 Å². The zero-order valence-corrected chi connectivity index (χ0v) is 34.1. The van der Waals surface area contributed by atoms with Gasteiger partial charge in [0.15, 0.2) is 11.3 Å². The summed E-state index contributed by atoms with van der Waals surface area (Å²) in [6.45, 7) is 2.85. The van der Waals surface area contributed by atoms with Gasteiger partial charge in [-0.15, -0.1) is 0 Å². The number of rotatable bonds is 10. The molecule has 0 radical (unpaired) electrons. The Kier molecular flexibility index (Phi) is 10.4. The normalized spacial score (nSPS) is 24.5. The molecular weight excluding hydrogens is 809 g/mol. The molecule has 4 aliphatic heterocycles. The number of para-hydroxylation sites is 1. The fourth-order valence-electron chi connectivity index (χ4n) is 9.98. The van der Waals surface area contributed by atoms with Crippen LogP contribution in [0.4, 0.5) is 20.3 Å². The summed E-state index contributed by atoms with van der Waals surface area (Å²) in [6.07, 6.45) is 7.46. The second-order valence-corrected chi connectivity index (χ2v) is 17.1. The van der Waals surface area contributed by atoms with Gasteiger partial charge in [-0.05, 0) is 75.5 Å². The van der Waals surface area contributed by atoms with Crippen LogP contribution in [0.15, 0.2) is 47.7 Å². The Labute approximate surface area is 353 Å². The van der Waals surface area contributed by atoms with Gasteiger partial charge in [0.05, 0.1) is 59.4 Å². The minimum Gasteiger partial charge on any atom is -0.378 e. The third kappa shape index (κ3) is 7.21. The number of nitrogens with zero attached hydrogens (tertiary/aromatic N) is 9. The number of imide groups is 1. The quantitative estimate of drug-likeness (QED) is 0.195. The zero-order chi connectivity index (χ0) is 42.8. The summed E-state index contributed by atoms with van der Waals surface area (Å²) >= 11 is 0. The molecule has 2 N–H and O–H groups in total. The average Bonchev–Trinajstić information content (AvgIpc) is 4.13. The predicted molar refractivity (Wildman–Crippen MR) is 218 cm³/mol. The Balaban J connectivity index is 0.726. The number of nitrogens with one attached hydrogen (secondary N) is 2. The highest BCUT2D eigenvalue weighted by Gasteiger charge is 2.40. The average molecular weight is 856 g/mol. The van der Waals surface area contributed by atoms with Crippen LogP contribution in [-0.4, -0.2) is 113 Å². The largest absolute Gasteiger partial charge is 0.378 e. The first kappa shape index (κ1) is 40.1. The number of aryl methyl sites for hydroxylation is 1. The number of aromatic nitrogens is 7. The summed E-state index contributed by atoms with van der Waals surface area (Å²) < 4.78 is 46.5. The van der Waals surface area contributed by atoms with Gasteiger partial charge in [-0.1, -0.05) is 6.07 Å². The number of alkyl halides is 2. The van der Waals surface area contributed by atoms with Crippen LogP contribution in [0.3, 0.4) is 0 Å². The van der Waals surface area contributed by atoms with Crippen molar-refractivity contribution in [2.45, 2.75) is 94.5 Å². The van der Waals surface area contributed by atoms with Gasteiger partial charge >= 0.3 is 5.69 Å². The zero-order valence-electron chi connectivity index (χ0n) is 34.1. The summed E-state index contributed by atoms with van der Waals surface area (Å²) in [5, 5.41) is 13.5. The number of amides is 4. The smallest absolute Gasteiger partial charge is 0.329 e. The highest BCUT2D eigenvalue weighted by Crippen LogP contribution is 2.36. The standard InChI is InChI=1S/C42H47F2N11O7/c1-50-36-28(3-2-4-31(36)55(42(50)60)32-9-10-34(56)48-40(32)58)41(59)51-14-11-26(12-15-51)61-21-23-5-7-24(8-6-23)54-20-30(35(49-54)37(43)44)46-39(57)29-18-45-53-16-13-33(47-38(29)53)52-19-27-17-25(52)22-62-27/h2-4,13,16,18,20,23-27,32,37H,5-12,14-15,17,19,21-22H2,1H3,(H,46,57)(H,48,56,58)/t23?,24?,25-,27-,32?/m1/s1. The fraction of sp³-hybridized carbons (Fsp3) is 0.524. The van der Waals surface area contributed by atoms with E-state index in [2.05, 4.69) is 25.7 Å². The van der Waals surface area contributed by atoms with Crippen LogP contribution in [0.25, 0.3) is 16.7 Å². The third-order valence-corrected chi connectivity index (χ3v) is 13.4. The molecule has 4 saturated heterocycles. The Bertz CT molecular complexity index is 2640. The summed E-state index contributed by atoms with van der Waals surface area (Å²) in [4.78, 5) is 73.8. The summed E-state index contributed by atoms with van der Waals surface area (Å²) in [7, 11) is 1.58. The topological polar surface area (TPSA) is 192 Å². The summed E-state index contributed by atoms with van der Waals surface area (Å²) in [5.74, 6) is -0.721. The predicted octanol–water partition coefficient (Wildman–Crippen LogP) is 3.78. The van der Waals surface area contributed by atoms with E-state index in [-0.39, 0.29) is 66.1 Å². The van der Waals surface area contributed by atoms with E-state index in [9.17, 15) is 32.8 Å². The number of fused-ring (bicyclic) bond motifs is 4. The van der Waals surface area contributed by atoms with Gasteiger partial charge in [-0.2, -0.15) is 10.2 Å². The molecule has 3 atom stereocenters. The van der Waals surface area contributed by atoms with Crippen LogP contribution in [0.1, 0.15) is 103 Å². The van der Waals surface area contributed by atoms with E-state index < -0.39 is 35.7 Å². The number of likely N-dealkylation sites (tertiary alicyclic amines) is 1. The molecule has 0 spiro atoms. The van der Waals surface area contributed by atoms with Crippen LogP contribution >= 0.6 is 0 Å². The van der Waals surface area contributed by atoms with Crippen LogP contribution < -0.4 is 21.2 Å². The van der Waals surface area contributed by atoms with Crippen molar-refractivity contribution in [3.8, 4) is 0 Å². The molecule has 2 bridgehead atoms. The molecule has 5 aliphatic rings. The SMILES string of the molecule is Cn1c(=O)n(C2CCC(=O)NC2=O)c2cccc(C(=O)N3CCC(OCC4CCC(n5cc(NC(=O)c6cnn7ccc(N8C[C@H]9C[C@@H]8CO9)nc67)c(C(F)F)n5)CC4)CC3)c21. The van der Waals surface area contributed by atoms with E-state index in [1.165, 1.54) is 26.0 Å². The van der Waals surface area contributed by atoms with Crippen LogP contribution in [-0.2, 0) is 26.1 Å². The van der Waals surface area contributed by atoms with Crippen molar-refractivity contribution < 1.29 is 37.4 Å². The van der Waals surface area contributed by atoms with Crippen molar-refractivity contribution in [1.29, 1.82) is 0 Å². The fourth-order valence-corrected chi connectivity index (χ4v) is 9.98. The Morgan fingerprint density at radius 3 is 2.55 bits per heavy atom. The first-order chi connectivity index (χ1) is 30.0. The van der Waals surface area contributed by atoms with Crippen molar-refractivity contribution in [3.05, 3.63) is 70.2 Å². The number of piperidine rings is 2. The maximum Gasteiger partial charge on any atom is 0.329 e. The molecule has 10 rings (SSSR count). The van der Waals surface area contributed by atoms with Crippen molar-refractivity contribution in [2.75, 3.05) is 43.1 Å². The third-order valence-electron chi connectivity index (χ3n) is 13.4. The number of ether oxygens (including phenoxy) is 2. The van der Waals surface area contributed by atoms with Gasteiger partial charge in [-0.25, -0.2) is 23.1 Å². The number of carbonyl (C=O) groups is 4. The summed E-state index contributed by atoms with van der Waals surface area (Å²) in [6, 6.07) is 6.22. The number of anilines is 2. The Hall–Kier alpha value is -6.02. The molecule has 20 heteroatoms. The van der Waals surface area contributed by atoms with Crippen molar-refractivity contribution in [2.24, 2.45) is 13.0 Å². The molecule has 4 aromatic heterocycles. The second-order valence-electron chi connectivity index (χ2n) is 17.1. The number of hydrogen-bond acceptors (Lipinski definition) is 11. The first-order valence-corrected chi connectivity index (χ1v) is 21.4. The van der Waals surface area contributed by atoms with Gasteiger partial charge in [0.2, 0.25) is 11.8 Å². The lowest BCUT2D eigenvalue weighted by Gasteiger charge is -2.34. The van der Waals surface area contributed by atoms with Gasteiger partial charge in [0.1, 0.15) is 17.4 Å². The van der Waals surface area contributed by atoms with E-state index in [0.717, 1.165) is 25.8 Å². The minimum atomic E-state index is -2.89. The lowest BCUT2D eigenvalue weighted by atomic mass is 9.86. The van der Waals surface area contributed by atoms with E-state index >= 15 is 0 Å². The number of carbonyl (C=O) groups excluding carboxylic acids is 4. The maximum absolute atomic E-state index is 14.3. The van der Waals surface area contributed by atoms with Gasteiger partial charge < -0.3 is 24.6 Å². The molecule has 5 fully saturated rings. The molecule has 1 aliphatic carbocycles. The lowest BCUT2D eigenvalue weighted by Crippen LogP contribution is -2.44. The number of halogens is 2. The summed E-state index contributed by atoms with van der Waals surface area (Å²) in [5.41, 5.74) is 0.814. The van der Waals surface area contributed by atoms with Gasteiger partial charge in [-0.3, -0.25) is 38.3 Å². The van der Waals surface area contributed by atoms with Crippen molar-refractivity contribution in [1.82, 2.24) is 43.7 Å². The molecule has 62 heavy (non-hydrogen) atoms. The van der Waals surface area contributed by atoms with Crippen molar-refractivity contribution in [3.63, 3.8) is 0 Å². The molecular formula is C42H47F2N11O7. The molecule has 1 aromatic carbocycles. The number of benzene rings is 1. The highest BCUT2D eigenvalue weighted by molar-refractivity contribution is 6.08. The van der Waals surface area contributed by atoms with E-state index in [4.69, 9.17) is 14.5 Å². The molecule has 326 valence electrons. The highest BCUT2D eigenvalue weighted by atomic mass is 19.3. The Morgan fingerprint density at radius 2 is 1.82 bits per heavy atom. The number of imidazole rings is 1. The lowest BCUT2D eigenvalue weighted by molar-refractivity contribution is -0.135. The monoisotopic (exact) mass is 855 g/mol. The second kappa shape index (κ2) is 16.0. The minimum absolute atomic E-state index is 0.0312.